The molecule has 0 unspecified atom stereocenters. The van der Waals surface area contributed by atoms with E-state index in [-0.39, 0.29) is 12.3 Å². The molecule has 30 heavy (non-hydrogen) atoms. The standard InChI is InChI=1S/C12H16F2N3O.C9H15NO2/c13-12(14,5-8-1-2-8)6-9(16)10(18)17-11(7-15)3-4-11;11-8(12)10-6-4-9(5-7-10)2-1-3-9/h8-9,16H,1-6H2,(H,17,18);1-7H2,(H,11,12)/q-1;/t9-;/m0./s1. The van der Waals surface area contributed by atoms with Gasteiger partial charge in [-0.15, -0.1) is 0 Å². The molecule has 1 heterocycles. The van der Waals surface area contributed by atoms with Crippen LogP contribution in [0.1, 0.15) is 70.6 Å². The van der Waals surface area contributed by atoms with Crippen LogP contribution in [0.25, 0.3) is 5.73 Å². The Kier molecular flexibility index (Phi) is 6.56. The Labute approximate surface area is 176 Å². The molecule has 168 valence electrons. The summed E-state index contributed by atoms with van der Waals surface area (Å²) in [5.41, 5.74) is 7.15. The number of hydrogen-bond acceptors (Lipinski definition) is 3. The molecule has 1 saturated heterocycles. The van der Waals surface area contributed by atoms with Gasteiger partial charge in [0.25, 0.3) is 0 Å². The molecule has 0 bridgehead atoms. The average Bonchev–Trinajstić information content (AvgIpc) is 3.58. The highest BCUT2D eigenvalue weighted by Gasteiger charge is 2.45. The SMILES string of the molecule is N#CC1(NC(=O)[C@@H]([NH-])CC(F)(F)CC2CC2)CC1.O=C(O)N1CCC2(CCC2)CC1. The van der Waals surface area contributed by atoms with Crippen molar-refractivity contribution in [2.75, 3.05) is 13.1 Å². The molecule has 3 saturated carbocycles. The minimum Gasteiger partial charge on any atom is -0.667 e. The lowest BCUT2D eigenvalue weighted by Gasteiger charge is -2.47. The largest absolute Gasteiger partial charge is 0.667 e. The van der Waals surface area contributed by atoms with Crippen LogP contribution >= 0.6 is 0 Å². The van der Waals surface area contributed by atoms with Crippen LogP contribution in [0.15, 0.2) is 0 Å². The van der Waals surface area contributed by atoms with Crippen molar-refractivity contribution in [3.63, 3.8) is 0 Å². The molecular formula is C21H31F2N4O3-. The lowest BCUT2D eigenvalue weighted by Crippen LogP contribution is -2.45. The van der Waals surface area contributed by atoms with Crippen LogP contribution in [-0.4, -0.2) is 52.6 Å². The third kappa shape index (κ3) is 6.03. The topological polar surface area (TPSA) is 117 Å². The fraction of sp³-hybridized carbons (Fsp3) is 0.857. The highest BCUT2D eigenvalue weighted by atomic mass is 19.3. The number of likely N-dealkylation sites (tertiary alicyclic amines) is 1. The summed E-state index contributed by atoms with van der Waals surface area (Å²) >= 11 is 0. The molecule has 4 fully saturated rings. The van der Waals surface area contributed by atoms with Gasteiger partial charge in [-0.2, -0.15) is 5.26 Å². The van der Waals surface area contributed by atoms with Crippen LogP contribution in [0.4, 0.5) is 13.6 Å². The van der Waals surface area contributed by atoms with Crippen molar-refractivity contribution in [1.29, 1.82) is 5.26 Å². The average molecular weight is 426 g/mol. The predicted octanol–water partition coefficient (Wildman–Crippen LogP) is 4.34. The maximum atomic E-state index is 13.5. The summed E-state index contributed by atoms with van der Waals surface area (Å²) in [7, 11) is 0. The number of halogens is 2. The first-order valence-electron chi connectivity index (χ1n) is 10.9. The minimum absolute atomic E-state index is 0.0594. The summed E-state index contributed by atoms with van der Waals surface area (Å²) in [6.45, 7) is 1.52. The Bertz CT molecular complexity index is 687. The Balaban J connectivity index is 0.000000184. The molecule has 1 aliphatic heterocycles. The van der Waals surface area contributed by atoms with Crippen LogP contribution in [0.5, 0.6) is 0 Å². The molecule has 1 spiro atoms. The first-order valence-corrected chi connectivity index (χ1v) is 10.9. The van der Waals surface area contributed by atoms with E-state index < -0.39 is 35.9 Å². The Morgan fingerprint density at radius 3 is 2.20 bits per heavy atom. The lowest BCUT2D eigenvalue weighted by atomic mass is 9.63. The highest BCUT2D eigenvalue weighted by molar-refractivity contribution is 5.84. The number of rotatable bonds is 6. The molecular weight excluding hydrogens is 394 g/mol. The third-order valence-electron chi connectivity index (χ3n) is 6.94. The summed E-state index contributed by atoms with van der Waals surface area (Å²) in [5, 5.41) is 19.9. The van der Waals surface area contributed by atoms with Crippen molar-refractivity contribution in [2.24, 2.45) is 11.3 Å². The van der Waals surface area contributed by atoms with E-state index in [1.54, 1.807) is 4.90 Å². The van der Waals surface area contributed by atoms with E-state index in [9.17, 15) is 18.4 Å². The van der Waals surface area contributed by atoms with Gasteiger partial charge in [0.15, 0.2) is 0 Å². The fourth-order valence-corrected chi connectivity index (χ4v) is 4.28. The summed E-state index contributed by atoms with van der Waals surface area (Å²) in [6, 6.07) is 0.445. The quantitative estimate of drug-likeness (QED) is 0.658. The number of nitrogens with zero attached hydrogens (tertiary/aromatic N) is 2. The number of nitriles is 1. The number of carboxylic acid groups (broad SMARTS) is 1. The number of piperidine rings is 1. The summed E-state index contributed by atoms with van der Waals surface area (Å²) < 4.78 is 27.0. The Morgan fingerprint density at radius 2 is 1.80 bits per heavy atom. The second-order valence-electron chi connectivity index (χ2n) is 9.57. The molecule has 4 rings (SSSR count). The Hall–Kier alpha value is -1.95. The molecule has 1 atom stereocenters. The third-order valence-corrected chi connectivity index (χ3v) is 6.94. The smallest absolute Gasteiger partial charge is 0.407 e. The van der Waals surface area contributed by atoms with Gasteiger partial charge in [-0.3, -0.25) is 4.79 Å². The molecule has 7 nitrogen and oxygen atoms in total. The van der Waals surface area contributed by atoms with Crippen LogP contribution in [0.2, 0.25) is 0 Å². The van der Waals surface area contributed by atoms with Gasteiger partial charge in [0, 0.05) is 25.9 Å². The minimum atomic E-state index is -2.95. The first-order chi connectivity index (χ1) is 14.1. The normalized spacial score (nSPS) is 24.5. The monoisotopic (exact) mass is 425 g/mol. The van der Waals surface area contributed by atoms with Gasteiger partial charge in [-0.25, -0.2) is 13.6 Å². The summed E-state index contributed by atoms with van der Waals surface area (Å²) in [4.78, 5) is 23.7. The number of hydrogen-bond donors (Lipinski definition) is 2. The zero-order valence-corrected chi connectivity index (χ0v) is 17.3. The van der Waals surface area contributed by atoms with E-state index in [4.69, 9.17) is 16.1 Å². The fourth-order valence-electron chi connectivity index (χ4n) is 4.28. The molecule has 0 aromatic rings. The lowest BCUT2D eigenvalue weighted by molar-refractivity contribution is -0.124. The molecule has 0 radical (unpaired) electrons. The van der Waals surface area contributed by atoms with Gasteiger partial charge < -0.3 is 21.1 Å². The molecule has 3 N–H and O–H groups in total. The Morgan fingerprint density at radius 1 is 1.20 bits per heavy atom. The highest BCUT2D eigenvalue weighted by Crippen LogP contribution is 2.48. The van der Waals surface area contributed by atoms with Gasteiger partial charge in [0.05, 0.1) is 6.07 Å². The van der Waals surface area contributed by atoms with Gasteiger partial charge in [-0.05, 0) is 62.7 Å². The maximum absolute atomic E-state index is 13.5. The van der Waals surface area contributed by atoms with E-state index >= 15 is 0 Å². The predicted molar refractivity (Wildman–Crippen MR) is 106 cm³/mol. The number of amides is 2. The number of carbonyl (C=O) groups is 2. The summed E-state index contributed by atoms with van der Waals surface area (Å²) in [6.07, 6.45) is 7.22. The van der Waals surface area contributed by atoms with Crippen molar-refractivity contribution < 1.29 is 23.5 Å². The molecule has 0 aromatic carbocycles. The van der Waals surface area contributed by atoms with Gasteiger partial charge in [-0.1, -0.05) is 12.5 Å². The zero-order chi connectivity index (χ0) is 22.0. The van der Waals surface area contributed by atoms with Gasteiger partial charge >= 0.3 is 6.09 Å². The molecule has 2 amide bonds. The van der Waals surface area contributed by atoms with Crippen molar-refractivity contribution in [1.82, 2.24) is 10.2 Å². The van der Waals surface area contributed by atoms with E-state index in [0.29, 0.717) is 18.3 Å². The maximum Gasteiger partial charge on any atom is 0.407 e. The van der Waals surface area contributed by atoms with Gasteiger partial charge in [0.2, 0.25) is 11.8 Å². The van der Waals surface area contributed by atoms with Crippen molar-refractivity contribution in [3.05, 3.63) is 5.73 Å². The molecule has 9 heteroatoms. The molecule has 0 aromatic heterocycles. The van der Waals surface area contributed by atoms with E-state index in [1.807, 2.05) is 6.07 Å². The van der Waals surface area contributed by atoms with E-state index in [2.05, 4.69) is 5.32 Å². The summed E-state index contributed by atoms with van der Waals surface area (Å²) in [5.74, 6) is -3.65. The van der Waals surface area contributed by atoms with E-state index in [0.717, 1.165) is 38.8 Å². The van der Waals surface area contributed by atoms with Crippen LogP contribution < -0.4 is 5.32 Å². The van der Waals surface area contributed by atoms with Crippen LogP contribution in [0, 0.1) is 22.7 Å². The second-order valence-corrected chi connectivity index (χ2v) is 9.57. The zero-order valence-electron chi connectivity index (χ0n) is 17.3. The molecule has 4 aliphatic rings. The van der Waals surface area contributed by atoms with Crippen molar-refractivity contribution >= 4 is 12.0 Å². The van der Waals surface area contributed by atoms with Crippen LogP contribution in [0.3, 0.4) is 0 Å². The van der Waals surface area contributed by atoms with Crippen LogP contribution in [-0.2, 0) is 4.79 Å². The number of carbonyl (C=O) groups excluding carboxylic acids is 1. The van der Waals surface area contributed by atoms with Crippen molar-refractivity contribution in [3.8, 4) is 6.07 Å². The van der Waals surface area contributed by atoms with Crippen molar-refractivity contribution in [2.45, 2.75) is 88.1 Å². The first kappa shape index (κ1) is 22.7. The van der Waals surface area contributed by atoms with Gasteiger partial charge in [0.1, 0.15) is 5.54 Å². The van der Waals surface area contributed by atoms with E-state index in [1.165, 1.54) is 19.3 Å². The number of nitrogens with one attached hydrogen (secondary N) is 2. The second kappa shape index (κ2) is 8.66. The molecule has 3 aliphatic carbocycles. The number of alkyl halides is 2.